The van der Waals surface area contributed by atoms with Crippen molar-refractivity contribution in [2.24, 2.45) is 0 Å². The molecule has 0 aliphatic heterocycles. The fraction of sp³-hybridized carbons (Fsp3) is 0.462. The SMILES string of the molecule is C#CCCCn1c(C)cc(C(=O)CCl)c1C. The van der Waals surface area contributed by atoms with Gasteiger partial charge in [-0.25, -0.2) is 0 Å². The Morgan fingerprint density at radius 1 is 1.56 bits per heavy atom. The highest BCUT2D eigenvalue weighted by Crippen LogP contribution is 2.17. The van der Waals surface area contributed by atoms with Crippen LogP contribution in [0.3, 0.4) is 0 Å². The summed E-state index contributed by atoms with van der Waals surface area (Å²) in [6.45, 7) is 4.80. The van der Waals surface area contributed by atoms with Crippen LogP contribution >= 0.6 is 11.6 Å². The monoisotopic (exact) mass is 237 g/mol. The highest BCUT2D eigenvalue weighted by molar-refractivity contribution is 6.30. The number of carbonyl (C=O) groups excluding carboxylic acids is 1. The van der Waals surface area contributed by atoms with Crippen LogP contribution in [0.25, 0.3) is 0 Å². The third-order valence-corrected chi connectivity index (χ3v) is 2.94. The lowest BCUT2D eigenvalue weighted by Gasteiger charge is -2.08. The molecular weight excluding hydrogens is 222 g/mol. The average molecular weight is 238 g/mol. The molecule has 0 radical (unpaired) electrons. The molecule has 3 heteroatoms. The first-order valence-electron chi connectivity index (χ1n) is 5.31. The van der Waals surface area contributed by atoms with Crippen LogP contribution in [0, 0.1) is 26.2 Å². The number of hydrogen-bond donors (Lipinski definition) is 0. The fourth-order valence-electron chi connectivity index (χ4n) is 1.84. The number of rotatable bonds is 5. The topological polar surface area (TPSA) is 22.0 Å². The van der Waals surface area contributed by atoms with Crippen LogP contribution in [0.4, 0.5) is 0 Å². The van der Waals surface area contributed by atoms with Gasteiger partial charge in [-0.05, 0) is 26.3 Å². The molecule has 0 N–H and O–H groups in total. The van der Waals surface area contributed by atoms with Gasteiger partial charge < -0.3 is 4.57 Å². The van der Waals surface area contributed by atoms with E-state index < -0.39 is 0 Å². The van der Waals surface area contributed by atoms with Crippen LogP contribution < -0.4 is 0 Å². The summed E-state index contributed by atoms with van der Waals surface area (Å²) in [5.41, 5.74) is 2.80. The van der Waals surface area contributed by atoms with E-state index in [9.17, 15) is 4.79 Å². The highest BCUT2D eigenvalue weighted by atomic mass is 35.5. The second-order valence-corrected chi connectivity index (χ2v) is 4.07. The quantitative estimate of drug-likeness (QED) is 0.334. The summed E-state index contributed by atoms with van der Waals surface area (Å²) in [7, 11) is 0. The molecule has 0 saturated carbocycles. The molecule has 2 nitrogen and oxygen atoms in total. The number of nitrogens with zero attached hydrogens (tertiary/aromatic N) is 1. The molecule has 86 valence electrons. The second kappa shape index (κ2) is 5.77. The van der Waals surface area contributed by atoms with Gasteiger partial charge in [0, 0.05) is 29.9 Å². The summed E-state index contributed by atoms with van der Waals surface area (Å²) >= 11 is 5.56. The minimum Gasteiger partial charge on any atom is -0.348 e. The number of unbranched alkanes of at least 4 members (excludes halogenated alkanes) is 1. The van der Waals surface area contributed by atoms with Crippen molar-refractivity contribution in [3.05, 3.63) is 23.0 Å². The van der Waals surface area contributed by atoms with Crippen molar-refractivity contribution in [1.29, 1.82) is 0 Å². The summed E-state index contributed by atoms with van der Waals surface area (Å²) < 4.78 is 2.12. The van der Waals surface area contributed by atoms with E-state index in [0.717, 1.165) is 36.3 Å². The van der Waals surface area contributed by atoms with E-state index in [0.29, 0.717) is 0 Å². The molecule has 16 heavy (non-hydrogen) atoms. The zero-order chi connectivity index (χ0) is 12.1. The van der Waals surface area contributed by atoms with Crippen LogP contribution in [0.5, 0.6) is 0 Å². The third kappa shape index (κ3) is 2.68. The standard InChI is InChI=1S/C13H16ClNO/c1-4-5-6-7-15-10(2)8-12(11(15)3)13(16)9-14/h1,8H,5-7,9H2,2-3H3. The lowest BCUT2D eigenvalue weighted by Crippen LogP contribution is -2.05. The number of aryl methyl sites for hydroxylation is 1. The van der Waals surface area contributed by atoms with Crippen molar-refractivity contribution in [2.45, 2.75) is 33.2 Å². The molecule has 0 aromatic carbocycles. The summed E-state index contributed by atoms with van der Waals surface area (Å²) in [4.78, 5) is 11.6. The van der Waals surface area contributed by atoms with Crippen LogP contribution in [-0.4, -0.2) is 16.2 Å². The minimum absolute atomic E-state index is 0.0158. The average Bonchev–Trinajstić information content (AvgIpc) is 2.56. The van der Waals surface area contributed by atoms with Gasteiger partial charge in [-0.1, -0.05) is 0 Å². The van der Waals surface area contributed by atoms with E-state index in [1.165, 1.54) is 0 Å². The summed E-state index contributed by atoms with van der Waals surface area (Å²) in [5, 5.41) is 0. The smallest absolute Gasteiger partial charge is 0.179 e. The molecule has 1 heterocycles. The number of halogens is 1. The number of alkyl halides is 1. The number of aromatic nitrogens is 1. The van der Waals surface area contributed by atoms with Crippen LogP contribution in [0.15, 0.2) is 6.07 Å². The lowest BCUT2D eigenvalue weighted by atomic mass is 10.2. The number of ketones is 1. The molecular formula is C13H16ClNO. The zero-order valence-corrected chi connectivity index (χ0v) is 10.5. The van der Waals surface area contributed by atoms with Crippen LogP contribution in [-0.2, 0) is 6.54 Å². The van der Waals surface area contributed by atoms with Crippen molar-refractivity contribution >= 4 is 17.4 Å². The molecule has 1 aromatic rings. The molecule has 0 aliphatic rings. The minimum atomic E-state index is -0.0158. The molecule has 0 spiro atoms. The van der Waals surface area contributed by atoms with Gasteiger partial charge in [0.2, 0.25) is 0 Å². The van der Waals surface area contributed by atoms with Crippen molar-refractivity contribution in [3.63, 3.8) is 0 Å². The molecule has 1 aromatic heterocycles. The maximum Gasteiger partial charge on any atom is 0.179 e. The number of Topliss-reactive ketones (excluding diaryl/α,β-unsaturated/α-hetero) is 1. The first-order valence-corrected chi connectivity index (χ1v) is 5.84. The molecule has 0 aliphatic carbocycles. The largest absolute Gasteiger partial charge is 0.348 e. The third-order valence-electron chi connectivity index (χ3n) is 2.70. The van der Waals surface area contributed by atoms with Gasteiger partial charge in [-0.15, -0.1) is 23.9 Å². The Kier molecular flexibility index (Phi) is 4.64. The van der Waals surface area contributed by atoms with E-state index in [4.69, 9.17) is 18.0 Å². The van der Waals surface area contributed by atoms with Gasteiger partial charge in [0.25, 0.3) is 0 Å². The van der Waals surface area contributed by atoms with E-state index in [2.05, 4.69) is 10.5 Å². The highest BCUT2D eigenvalue weighted by Gasteiger charge is 2.14. The molecule has 1 rings (SSSR count). The Balaban J connectivity index is 2.90. The summed E-state index contributed by atoms with van der Waals surface area (Å²) in [6, 6.07) is 1.90. The zero-order valence-electron chi connectivity index (χ0n) is 9.72. The predicted molar refractivity (Wildman–Crippen MR) is 67.0 cm³/mol. The Hall–Kier alpha value is -1.20. The predicted octanol–water partition coefficient (Wildman–Crippen LogP) is 2.94. The van der Waals surface area contributed by atoms with Gasteiger partial charge in [-0.2, -0.15) is 0 Å². The Bertz CT molecular complexity index is 426. The number of carbonyl (C=O) groups is 1. The Morgan fingerprint density at radius 2 is 2.25 bits per heavy atom. The molecule has 0 unspecified atom stereocenters. The normalized spacial score (nSPS) is 10.1. The maximum absolute atomic E-state index is 11.6. The van der Waals surface area contributed by atoms with Crippen molar-refractivity contribution in [1.82, 2.24) is 4.57 Å². The summed E-state index contributed by atoms with van der Waals surface area (Å²) in [6.07, 6.45) is 6.90. The van der Waals surface area contributed by atoms with Gasteiger partial charge in [0.1, 0.15) is 0 Å². The Morgan fingerprint density at radius 3 is 2.81 bits per heavy atom. The summed E-state index contributed by atoms with van der Waals surface area (Å²) in [5.74, 6) is 2.64. The van der Waals surface area contributed by atoms with Gasteiger partial charge >= 0.3 is 0 Å². The van der Waals surface area contributed by atoms with Gasteiger partial charge in [-0.3, -0.25) is 4.79 Å². The molecule has 0 fully saturated rings. The Labute approximate surface area is 102 Å². The van der Waals surface area contributed by atoms with E-state index >= 15 is 0 Å². The second-order valence-electron chi connectivity index (χ2n) is 3.80. The van der Waals surface area contributed by atoms with E-state index in [-0.39, 0.29) is 11.7 Å². The number of terminal acetylenes is 1. The molecule has 0 atom stereocenters. The molecule has 0 amide bonds. The van der Waals surface area contributed by atoms with Crippen molar-refractivity contribution < 1.29 is 4.79 Å². The maximum atomic E-state index is 11.6. The van der Waals surface area contributed by atoms with E-state index in [1.807, 2.05) is 19.9 Å². The van der Waals surface area contributed by atoms with Crippen molar-refractivity contribution in [3.8, 4) is 12.3 Å². The van der Waals surface area contributed by atoms with Gasteiger partial charge in [0.15, 0.2) is 5.78 Å². The van der Waals surface area contributed by atoms with Crippen LogP contribution in [0.2, 0.25) is 0 Å². The lowest BCUT2D eigenvalue weighted by molar-refractivity contribution is 0.102. The van der Waals surface area contributed by atoms with Crippen LogP contribution in [0.1, 0.15) is 34.6 Å². The van der Waals surface area contributed by atoms with Gasteiger partial charge in [0.05, 0.1) is 5.88 Å². The van der Waals surface area contributed by atoms with E-state index in [1.54, 1.807) is 0 Å². The fourth-order valence-corrected chi connectivity index (χ4v) is 1.98. The van der Waals surface area contributed by atoms with Crippen molar-refractivity contribution in [2.75, 3.05) is 5.88 Å². The number of hydrogen-bond acceptors (Lipinski definition) is 1. The molecule has 0 saturated heterocycles. The molecule has 0 bridgehead atoms. The first-order chi connectivity index (χ1) is 7.61. The first kappa shape index (κ1) is 12.9.